The van der Waals surface area contributed by atoms with Gasteiger partial charge in [0.2, 0.25) is 0 Å². The lowest BCUT2D eigenvalue weighted by Gasteiger charge is -2.16. The third-order valence-corrected chi connectivity index (χ3v) is 3.29. The van der Waals surface area contributed by atoms with Gasteiger partial charge in [-0.15, -0.1) is 0 Å². The van der Waals surface area contributed by atoms with Crippen LogP contribution in [0.2, 0.25) is 0 Å². The lowest BCUT2D eigenvalue weighted by atomic mass is 10.0. The summed E-state index contributed by atoms with van der Waals surface area (Å²) in [6, 6.07) is 5.92. The first kappa shape index (κ1) is 14.6. The number of benzene rings is 1. The summed E-state index contributed by atoms with van der Waals surface area (Å²) in [5.74, 6) is 3.87. The van der Waals surface area contributed by atoms with Crippen LogP contribution in [0.3, 0.4) is 0 Å². The number of nitrogens with two attached hydrogens (primary N) is 1. The van der Waals surface area contributed by atoms with E-state index >= 15 is 0 Å². The van der Waals surface area contributed by atoms with Crippen molar-refractivity contribution in [3.63, 3.8) is 0 Å². The largest absolute Gasteiger partial charge is 0.272 e. The molecule has 1 unspecified atom stereocenters. The highest BCUT2D eigenvalue weighted by molar-refractivity contribution is 5.21. The minimum atomic E-state index is -0.838. The highest BCUT2D eigenvalue weighted by Gasteiger charge is 2.16. The topological polar surface area (TPSA) is 55.9 Å². The second-order valence-corrected chi connectivity index (χ2v) is 4.89. The van der Waals surface area contributed by atoms with Crippen molar-refractivity contribution >= 4 is 0 Å². The van der Waals surface area contributed by atoms with E-state index in [9.17, 15) is 8.78 Å². The van der Waals surface area contributed by atoms with Crippen LogP contribution in [-0.2, 0) is 19.9 Å². The van der Waals surface area contributed by atoms with E-state index in [1.807, 2.05) is 20.0 Å². The summed E-state index contributed by atoms with van der Waals surface area (Å²) in [5, 5.41) is 4.25. The first-order chi connectivity index (χ1) is 9.51. The maximum Gasteiger partial charge on any atom is 0.162 e. The second-order valence-electron chi connectivity index (χ2n) is 4.89. The van der Waals surface area contributed by atoms with Crippen molar-refractivity contribution < 1.29 is 8.78 Å². The average Bonchev–Trinajstić information content (AvgIpc) is 2.72. The summed E-state index contributed by atoms with van der Waals surface area (Å²) < 4.78 is 28.6. The Bertz CT molecular complexity index is 595. The Morgan fingerprint density at radius 2 is 2.10 bits per heavy atom. The van der Waals surface area contributed by atoms with Crippen molar-refractivity contribution in [2.75, 3.05) is 0 Å². The van der Waals surface area contributed by atoms with Gasteiger partial charge in [-0.05, 0) is 31.0 Å². The molecule has 3 N–H and O–H groups in total. The van der Waals surface area contributed by atoms with Crippen LogP contribution in [0.15, 0.2) is 24.3 Å². The van der Waals surface area contributed by atoms with Crippen LogP contribution >= 0.6 is 0 Å². The van der Waals surface area contributed by atoms with Gasteiger partial charge in [0.25, 0.3) is 0 Å². The monoisotopic (exact) mass is 280 g/mol. The van der Waals surface area contributed by atoms with Gasteiger partial charge in [-0.2, -0.15) is 5.10 Å². The van der Waals surface area contributed by atoms with Crippen molar-refractivity contribution in [3.8, 4) is 0 Å². The van der Waals surface area contributed by atoms with Gasteiger partial charge in [0.05, 0.1) is 5.69 Å². The Balaban J connectivity index is 2.13. The molecular weight excluding hydrogens is 262 g/mol. The number of halogens is 2. The molecule has 0 aliphatic heterocycles. The summed E-state index contributed by atoms with van der Waals surface area (Å²) in [7, 11) is 1.85. The Labute approximate surface area is 116 Å². The first-order valence-corrected chi connectivity index (χ1v) is 6.39. The number of aromatic nitrogens is 2. The fourth-order valence-corrected chi connectivity index (χ4v) is 2.27. The molecule has 0 fully saturated rings. The molecule has 1 aromatic carbocycles. The van der Waals surface area contributed by atoms with E-state index < -0.39 is 11.6 Å². The minimum absolute atomic E-state index is 0.193. The molecular formula is C14H18F2N4. The van der Waals surface area contributed by atoms with Gasteiger partial charge >= 0.3 is 0 Å². The van der Waals surface area contributed by atoms with Gasteiger partial charge in [-0.25, -0.2) is 8.78 Å². The number of nitrogens with one attached hydrogen (secondary N) is 1. The molecule has 0 spiro atoms. The van der Waals surface area contributed by atoms with E-state index in [1.165, 1.54) is 6.07 Å². The van der Waals surface area contributed by atoms with Crippen LogP contribution in [0.5, 0.6) is 0 Å². The fourth-order valence-electron chi connectivity index (χ4n) is 2.27. The molecule has 0 bridgehead atoms. The maximum atomic E-state index is 13.7. The molecule has 1 aromatic heterocycles. The van der Waals surface area contributed by atoms with Crippen molar-refractivity contribution in [2.45, 2.75) is 25.8 Å². The van der Waals surface area contributed by atoms with Gasteiger partial charge in [0.15, 0.2) is 11.6 Å². The molecule has 1 heterocycles. The van der Waals surface area contributed by atoms with E-state index in [2.05, 4.69) is 10.5 Å². The zero-order valence-electron chi connectivity index (χ0n) is 11.5. The fraction of sp³-hybridized carbons (Fsp3) is 0.357. The summed E-state index contributed by atoms with van der Waals surface area (Å²) in [4.78, 5) is 0. The van der Waals surface area contributed by atoms with Crippen LogP contribution in [0.4, 0.5) is 8.78 Å². The molecule has 0 radical (unpaired) electrons. The van der Waals surface area contributed by atoms with E-state index in [0.29, 0.717) is 18.4 Å². The molecule has 2 aromatic rings. The lowest BCUT2D eigenvalue weighted by Crippen LogP contribution is -2.39. The number of nitrogens with zero attached hydrogens (tertiary/aromatic N) is 2. The van der Waals surface area contributed by atoms with Gasteiger partial charge < -0.3 is 0 Å². The molecule has 6 heteroatoms. The Morgan fingerprint density at radius 3 is 2.70 bits per heavy atom. The minimum Gasteiger partial charge on any atom is -0.272 e. The van der Waals surface area contributed by atoms with Gasteiger partial charge in [0, 0.05) is 25.2 Å². The van der Waals surface area contributed by atoms with Gasteiger partial charge in [-0.3, -0.25) is 16.0 Å². The third-order valence-electron chi connectivity index (χ3n) is 3.29. The molecule has 1 atom stereocenters. The average molecular weight is 280 g/mol. The molecule has 4 nitrogen and oxygen atoms in total. The molecule has 0 amide bonds. The number of hydrazine groups is 1. The molecule has 0 saturated heterocycles. The second kappa shape index (κ2) is 6.11. The molecule has 0 saturated carbocycles. The zero-order valence-corrected chi connectivity index (χ0v) is 11.5. The van der Waals surface area contributed by atoms with Crippen LogP contribution in [0.1, 0.15) is 17.0 Å². The number of rotatable bonds is 5. The van der Waals surface area contributed by atoms with E-state index in [4.69, 9.17) is 5.84 Å². The predicted octanol–water partition coefficient (Wildman–Crippen LogP) is 1.62. The van der Waals surface area contributed by atoms with Gasteiger partial charge in [0.1, 0.15) is 0 Å². The maximum absolute atomic E-state index is 13.7. The van der Waals surface area contributed by atoms with Crippen LogP contribution in [0.25, 0.3) is 0 Å². The third kappa shape index (κ3) is 3.20. The Kier molecular flexibility index (Phi) is 4.46. The standard InChI is InChI=1S/C14H18F2N4/c1-9-6-12(20(2)19-9)8-11(18-17)7-10-4-3-5-13(15)14(10)16/h3-6,11,18H,7-8,17H2,1-2H3. The number of aryl methyl sites for hydroxylation is 2. The SMILES string of the molecule is Cc1cc(CC(Cc2cccc(F)c2F)NN)n(C)n1. The number of hydrogen-bond acceptors (Lipinski definition) is 3. The Hall–Kier alpha value is -1.79. The first-order valence-electron chi connectivity index (χ1n) is 6.39. The van der Waals surface area contributed by atoms with Crippen LogP contribution < -0.4 is 11.3 Å². The Morgan fingerprint density at radius 1 is 1.35 bits per heavy atom. The molecule has 0 aliphatic carbocycles. The summed E-state index contributed by atoms with van der Waals surface area (Å²) in [5.41, 5.74) is 4.86. The highest BCUT2D eigenvalue weighted by atomic mass is 19.2. The molecule has 20 heavy (non-hydrogen) atoms. The normalized spacial score (nSPS) is 12.7. The van der Waals surface area contributed by atoms with Crippen molar-refractivity contribution in [1.82, 2.24) is 15.2 Å². The predicted molar refractivity (Wildman–Crippen MR) is 72.8 cm³/mol. The van der Waals surface area contributed by atoms with Crippen molar-refractivity contribution in [2.24, 2.45) is 12.9 Å². The summed E-state index contributed by atoms with van der Waals surface area (Å²) in [6.45, 7) is 1.90. The summed E-state index contributed by atoms with van der Waals surface area (Å²) >= 11 is 0. The van der Waals surface area contributed by atoms with E-state index in [0.717, 1.165) is 17.5 Å². The van der Waals surface area contributed by atoms with Crippen molar-refractivity contribution in [1.29, 1.82) is 0 Å². The molecule has 2 rings (SSSR count). The van der Waals surface area contributed by atoms with Gasteiger partial charge in [-0.1, -0.05) is 12.1 Å². The number of hydrogen-bond donors (Lipinski definition) is 2. The zero-order chi connectivity index (χ0) is 14.7. The van der Waals surface area contributed by atoms with Crippen LogP contribution in [-0.4, -0.2) is 15.8 Å². The van der Waals surface area contributed by atoms with E-state index in [-0.39, 0.29) is 6.04 Å². The summed E-state index contributed by atoms with van der Waals surface area (Å²) in [6.07, 6.45) is 0.897. The molecule has 0 aliphatic rings. The smallest absolute Gasteiger partial charge is 0.162 e. The van der Waals surface area contributed by atoms with Crippen LogP contribution in [0, 0.1) is 18.6 Å². The lowest BCUT2D eigenvalue weighted by molar-refractivity contribution is 0.468. The van der Waals surface area contributed by atoms with Crippen molar-refractivity contribution in [3.05, 3.63) is 52.9 Å². The molecule has 108 valence electrons. The highest BCUT2D eigenvalue weighted by Crippen LogP contribution is 2.15. The quantitative estimate of drug-likeness (QED) is 0.646. The van der Waals surface area contributed by atoms with E-state index in [1.54, 1.807) is 10.7 Å².